The minimum atomic E-state index is -0.838. The van der Waals surface area contributed by atoms with Gasteiger partial charge in [0.2, 0.25) is 11.7 Å². The van der Waals surface area contributed by atoms with E-state index in [4.69, 9.17) is 4.74 Å². The van der Waals surface area contributed by atoms with E-state index in [9.17, 15) is 14.4 Å². The van der Waals surface area contributed by atoms with Gasteiger partial charge in [0.05, 0.1) is 0 Å². The maximum Gasteiger partial charge on any atom is 0.309 e. The average molecular weight is 523 g/mol. The van der Waals surface area contributed by atoms with Crippen molar-refractivity contribution in [2.75, 3.05) is 25.5 Å². The first-order valence-corrected chi connectivity index (χ1v) is 13.3. The summed E-state index contributed by atoms with van der Waals surface area (Å²) in [6.07, 6.45) is 6.18. The van der Waals surface area contributed by atoms with E-state index in [1.54, 1.807) is 11.8 Å². The minimum Gasteiger partial charge on any atom is -0.381 e. The molecule has 8 nitrogen and oxygen atoms in total. The highest BCUT2D eigenvalue weighted by molar-refractivity contribution is 8.14. The summed E-state index contributed by atoms with van der Waals surface area (Å²) < 4.78 is 5.43. The molecule has 35 heavy (non-hydrogen) atoms. The smallest absolute Gasteiger partial charge is 0.309 e. The fourth-order valence-corrected chi connectivity index (χ4v) is 5.81. The van der Waals surface area contributed by atoms with Crippen molar-refractivity contribution in [1.82, 2.24) is 15.6 Å². The molecule has 4 rings (SSSR count). The van der Waals surface area contributed by atoms with E-state index in [2.05, 4.69) is 32.9 Å². The highest BCUT2D eigenvalue weighted by atomic mass is 35.5. The van der Waals surface area contributed by atoms with Crippen LogP contribution in [0.2, 0.25) is 0 Å². The zero-order valence-corrected chi connectivity index (χ0v) is 21.6. The fourth-order valence-electron chi connectivity index (χ4n) is 4.86. The molecule has 2 saturated heterocycles. The van der Waals surface area contributed by atoms with Gasteiger partial charge in [-0.05, 0) is 37.2 Å². The second kappa shape index (κ2) is 13.8. The molecule has 1 unspecified atom stereocenters. The van der Waals surface area contributed by atoms with Crippen LogP contribution in [0.25, 0.3) is 0 Å². The summed E-state index contributed by atoms with van der Waals surface area (Å²) in [7, 11) is 0. The monoisotopic (exact) mass is 522 g/mol. The van der Waals surface area contributed by atoms with Crippen molar-refractivity contribution in [3.63, 3.8) is 0 Å². The van der Waals surface area contributed by atoms with Crippen LogP contribution >= 0.6 is 24.2 Å². The third-order valence-electron chi connectivity index (χ3n) is 6.85. The van der Waals surface area contributed by atoms with Crippen LogP contribution in [-0.2, 0) is 25.7 Å². The van der Waals surface area contributed by atoms with Crippen LogP contribution in [0.4, 0.5) is 0 Å². The van der Waals surface area contributed by atoms with Gasteiger partial charge in [-0.3, -0.25) is 14.4 Å². The number of thioether (sulfide) groups is 1. The Morgan fingerprint density at radius 1 is 1.06 bits per heavy atom. The number of ether oxygens (including phenoxy) is 1. The van der Waals surface area contributed by atoms with Gasteiger partial charge < -0.3 is 15.0 Å². The molecule has 0 bridgehead atoms. The van der Waals surface area contributed by atoms with Crippen LogP contribution in [0, 0.1) is 11.8 Å². The second-order valence-electron chi connectivity index (χ2n) is 9.23. The van der Waals surface area contributed by atoms with Crippen LogP contribution < -0.4 is 10.7 Å². The van der Waals surface area contributed by atoms with Crippen molar-refractivity contribution >= 4 is 46.9 Å². The Balaban J connectivity index is 0.00000342. The molecule has 2 amide bonds. The van der Waals surface area contributed by atoms with Crippen molar-refractivity contribution in [1.29, 1.82) is 0 Å². The molecular formula is C25H35ClN4O4S. The van der Waals surface area contributed by atoms with Crippen molar-refractivity contribution in [2.24, 2.45) is 16.9 Å². The lowest BCUT2D eigenvalue weighted by Crippen LogP contribution is -2.53. The summed E-state index contributed by atoms with van der Waals surface area (Å²) in [6.45, 7) is 2.58. The lowest BCUT2D eigenvalue weighted by molar-refractivity contribution is -0.142. The topological polar surface area (TPSA) is 100 Å². The van der Waals surface area contributed by atoms with Crippen molar-refractivity contribution in [3.05, 3.63) is 35.9 Å². The molecule has 10 heteroatoms. The Morgan fingerprint density at radius 2 is 1.77 bits per heavy atom. The molecule has 0 radical (unpaired) electrons. The first-order valence-electron chi connectivity index (χ1n) is 12.3. The third kappa shape index (κ3) is 7.69. The highest BCUT2D eigenvalue weighted by Crippen LogP contribution is 2.26. The van der Waals surface area contributed by atoms with Gasteiger partial charge in [0.25, 0.3) is 0 Å². The van der Waals surface area contributed by atoms with Gasteiger partial charge in [-0.25, -0.2) is 5.43 Å². The Morgan fingerprint density at radius 3 is 2.49 bits per heavy atom. The van der Waals surface area contributed by atoms with Gasteiger partial charge >= 0.3 is 5.91 Å². The second-order valence-corrected chi connectivity index (χ2v) is 10.3. The number of hydrazone groups is 1. The van der Waals surface area contributed by atoms with E-state index >= 15 is 0 Å². The zero-order valence-electron chi connectivity index (χ0n) is 19.9. The molecule has 1 saturated carbocycles. The van der Waals surface area contributed by atoms with E-state index in [0.717, 1.165) is 50.0 Å². The molecule has 1 atom stereocenters. The van der Waals surface area contributed by atoms with Crippen LogP contribution in [0.1, 0.15) is 50.5 Å². The Bertz CT molecular complexity index is 889. The Labute approximate surface area is 217 Å². The summed E-state index contributed by atoms with van der Waals surface area (Å²) in [5, 5.41) is 7.90. The maximum absolute atomic E-state index is 13.2. The SMILES string of the molecule is Cl.O=C(NN=C1SCCN1Cc1ccccc1)C(=O)C(NC(=O)C1CCCCC1)C1CCOCC1. The molecular weight excluding hydrogens is 488 g/mol. The number of hydrogen-bond acceptors (Lipinski definition) is 6. The van der Waals surface area contributed by atoms with E-state index in [1.165, 1.54) is 0 Å². The van der Waals surface area contributed by atoms with Gasteiger partial charge in [-0.15, -0.1) is 17.5 Å². The largest absolute Gasteiger partial charge is 0.381 e. The first kappa shape index (κ1) is 27.5. The van der Waals surface area contributed by atoms with E-state index in [-0.39, 0.29) is 30.2 Å². The summed E-state index contributed by atoms with van der Waals surface area (Å²) in [4.78, 5) is 41.0. The molecule has 1 aromatic carbocycles. The van der Waals surface area contributed by atoms with Crippen molar-refractivity contribution < 1.29 is 19.1 Å². The molecule has 0 spiro atoms. The number of benzene rings is 1. The van der Waals surface area contributed by atoms with Crippen molar-refractivity contribution in [2.45, 2.75) is 57.5 Å². The van der Waals surface area contributed by atoms with Crippen LogP contribution in [0.3, 0.4) is 0 Å². The predicted molar refractivity (Wildman–Crippen MR) is 139 cm³/mol. The summed E-state index contributed by atoms with van der Waals surface area (Å²) in [5.74, 6) is -0.823. The number of halogens is 1. The lowest BCUT2D eigenvalue weighted by atomic mass is 9.85. The van der Waals surface area contributed by atoms with Crippen LogP contribution in [0.15, 0.2) is 35.4 Å². The summed E-state index contributed by atoms with van der Waals surface area (Å²) in [5.41, 5.74) is 3.62. The average Bonchev–Trinajstić information content (AvgIpc) is 3.33. The van der Waals surface area contributed by atoms with E-state index in [0.29, 0.717) is 37.8 Å². The minimum absolute atomic E-state index is 0. The number of hydrogen-bond donors (Lipinski definition) is 2. The lowest BCUT2D eigenvalue weighted by Gasteiger charge is -2.31. The number of nitrogens with one attached hydrogen (secondary N) is 2. The predicted octanol–water partition coefficient (Wildman–Crippen LogP) is 3.11. The molecule has 3 aliphatic rings. The zero-order chi connectivity index (χ0) is 23.8. The molecule has 1 aliphatic carbocycles. The third-order valence-corrected chi connectivity index (χ3v) is 7.84. The summed E-state index contributed by atoms with van der Waals surface area (Å²) in [6, 6.07) is 9.23. The molecule has 2 heterocycles. The Hall–Kier alpha value is -2.10. The van der Waals surface area contributed by atoms with Gasteiger partial charge in [0, 0.05) is 38.0 Å². The number of carbonyl (C=O) groups excluding carboxylic acids is 3. The van der Waals surface area contributed by atoms with E-state index in [1.807, 2.05) is 18.2 Å². The molecule has 192 valence electrons. The van der Waals surface area contributed by atoms with Crippen molar-refractivity contribution in [3.8, 4) is 0 Å². The normalized spacial score (nSPS) is 21.3. The first-order chi connectivity index (χ1) is 16.6. The number of rotatable bonds is 8. The number of amides is 2. The summed E-state index contributed by atoms with van der Waals surface area (Å²) >= 11 is 1.55. The van der Waals surface area contributed by atoms with Crippen LogP contribution in [0.5, 0.6) is 0 Å². The number of Topliss-reactive ketones (excluding diaryl/α,β-unsaturated/α-hetero) is 1. The number of nitrogens with zero attached hydrogens (tertiary/aromatic N) is 2. The fraction of sp³-hybridized carbons (Fsp3) is 0.600. The molecule has 3 fully saturated rings. The standard InChI is InChI=1S/C25H34N4O4S.ClH/c30-22(21(19-11-14-33-15-12-19)26-23(31)20-9-5-2-6-10-20)24(32)27-28-25-29(13-16-34-25)17-18-7-3-1-4-8-18;/h1,3-4,7-8,19-21H,2,5-6,9-17H2,(H,26,31)(H,27,32);1H. The Kier molecular flexibility index (Phi) is 10.9. The molecule has 1 aromatic rings. The van der Waals surface area contributed by atoms with Gasteiger partial charge in [0.15, 0.2) is 5.17 Å². The number of ketones is 1. The number of amidine groups is 1. The molecule has 2 aliphatic heterocycles. The van der Waals surface area contributed by atoms with Gasteiger partial charge in [-0.1, -0.05) is 61.4 Å². The van der Waals surface area contributed by atoms with Gasteiger partial charge in [-0.2, -0.15) is 0 Å². The maximum atomic E-state index is 13.2. The van der Waals surface area contributed by atoms with Crippen LogP contribution in [-0.4, -0.2) is 59.2 Å². The van der Waals surface area contributed by atoms with E-state index < -0.39 is 17.7 Å². The quantitative estimate of drug-likeness (QED) is 0.402. The molecule has 0 aromatic heterocycles. The number of carbonyl (C=O) groups is 3. The molecule has 2 N–H and O–H groups in total. The highest BCUT2D eigenvalue weighted by Gasteiger charge is 2.36. The van der Waals surface area contributed by atoms with Gasteiger partial charge in [0.1, 0.15) is 6.04 Å².